The van der Waals surface area contributed by atoms with E-state index >= 15 is 0 Å². The smallest absolute Gasteiger partial charge is 0.144 e. The van der Waals surface area contributed by atoms with Gasteiger partial charge in [-0.3, -0.25) is 0 Å². The number of aliphatic hydroxyl groups excluding tert-OH is 2. The van der Waals surface area contributed by atoms with Crippen LogP contribution < -0.4 is 0 Å². The van der Waals surface area contributed by atoms with Gasteiger partial charge >= 0.3 is 0 Å². The SMILES string of the molecule is COC(C)C(O)C(C)OCO. The van der Waals surface area contributed by atoms with Crippen molar-refractivity contribution < 1.29 is 19.7 Å². The number of rotatable bonds is 5. The Morgan fingerprint density at radius 3 is 2.18 bits per heavy atom. The highest BCUT2D eigenvalue weighted by Crippen LogP contribution is 2.05. The molecule has 0 spiro atoms. The Morgan fingerprint density at radius 1 is 1.27 bits per heavy atom. The van der Waals surface area contributed by atoms with E-state index in [4.69, 9.17) is 14.6 Å². The number of hydrogen-bond donors (Lipinski definition) is 2. The summed E-state index contributed by atoms with van der Waals surface area (Å²) in [6, 6.07) is 0. The molecule has 0 radical (unpaired) electrons. The summed E-state index contributed by atoms with van der Waals surface area (Å²) >= 11 is 0. The molecule has 0 aromatic heterocycles. The molecule has 4 heteroatoms. The summed E-state index contributed by atoms with van der Waals surface area (Å²) in [7, 11) is 1.51. The van der Waals surface area contributed by atoms with Gasteiger partial charge in [-0.15, -0.1) is 0 Å². The van der Waals surface area contributed by atoms with Gasteiger partial charge < -0.3 is 19.7 Å². The Bertz CT molecular complexity index is 96.4. The fourth-order valence-electron chi connectivity index (χ4n) is 0.737. The van der Waals surface area contributed by atoms with Gasteiger partial charge in [0.2, 0.25) is 0 Å². The lowest BCUT2D eigenvalue weighted by Crippen LogP contribution is -2.36. The monoisotopic (exact) mass is 164 g/mol. The van der Waals surface area contributed by atoms with Gasteiger partial charge in [0.1, 0.15) is 12.9 Å². The Balaban J connectivity index is 3.70. The summed E-state index contributed by atoms with van der Waals surface area (Å²) in [5, 5.41) is 17.7. The lowest BCUT2D eigenvalue weighted by atomic mass is 10.1. The van der Waals surface area contributed by atoms with E-state index in [0.717, 1.165) is 0 Å². The van der Waals surface area contributed by atoms with Crippen molar-refractivity contribution in [1.29, 1.82) is 0 Å². The number of ether oxygens (including phenoxy) is 2. The van der Waals surface area contributed by atoms with Crippen LogP contribution in [-0.4, -0.2) is 42.4 Å². The zero-order valence-corrected chi connectivity index (χ0v) is 7.15. The van der Waals surface area contributed by atoms with Crippen LogP contribution in [0.15, 0.2) is 0 Å². The van der Waals surface area contributed by atoms with Crippen molar-refractivity contribution >= 4 is 0 Å². The first-order valence-electron chi connectivity index (χ1n) is 3.56. The molecule has 0 saturated heterocycles. The van der Waals surface area contributed by atoms with Crippen LogP contribution in [0.4, 0.5) is 0 Å². The Hall–Kier alpha value is -0.160. The number of hydrogen-bond acceptors (Lipinski definition) is 4. The average molecular weight is 164 g/mol. The van der Waals surface area contributed by atoms with Crippen molar-refractivity contribution in [2.75, 3.05) is 13.9 Å². The van der Waals surface area contributed by atoms with E-state index in [-0.39, 0.29) is 12.9 Å². The van der Waals surface area contributed by atoms with Crippen LogP contribution in [0, 0.1) is 0 Å². The first kappa shape index (κ1) is 10.8. The fraction of sp³-hybridized carbons (Fsp3) is 1.00. The summed E-state index contributed by atoms with van der Waals surface area (Å²) in [6.45, 7) is 3.03. The minimum absolute atomic E-state index is 0.281. The average Bonchev–Trinajstić information content (AvgIpc) is 2.02. The number of methoxy groups -OCH3 is 1. The third-order valence-electron chi connectivity index (χ3n) is 1.67. The summed E-state index contributed by atoms with van der Waals surface area (Å²) < 4.78 is 9.62. The molecular weight excluding hydrogens is 148 g/mol. The second kappa shape index (κ2) is 5.49. The third kappa shape index (κ3) is 3.67. The molecule has 11 heavy (non-hydrogen) atoms. The highest BCUT2D eigenvalue weighted by atomic mass is 16.6. The first-order chi connectivity index (χ1) is 5.13. The Labute approximate surface area is 66.7 Å². The molecule has 0 saturated carbocycles. The van der Waals surface area contributed by atoms with Crippen molar-refractivity contribution in [2.45, 2.75) is 32.2 Å². The Morgan fingerprint density at radius 2 is 1.82 bits per heavy atom. The highest BCUT2D eigenvalue weighted by Gasteiger charge is 2.20. The first-order valence-corrected chi connectivity index (χ1v) is 3.56. The van der Waals surface area contributed by atoms with E-state index in [1.807, 2.05) is 0 Å². The van der Waals surface area contributed by atoms with Crippen molar-refractivity contribution in [1.82, 2.24) is 0 Å². The molecule has 68 valence electrons. The quantitative estimate of drug-likeness (QED) is 0.549. The van der Waals surface area contributed by atoms with Crippen LogP contribution >= 0.6 is 0 Å². The zero-order valence-electron chi connectivity index (χ0n) is 7.15. The molecule has 0 aliphatic heterocycles. The molecule has 0 amide bonds. The molecule has 0 fully saturated rings. The van der Waals surface area contributed by atoms with Crippen molar-refractivity contribution in [3.8, 4) is 0 Å². The van der Waals surface area contributed by atoms with Crippen molar-refractivity contribution in [2.24, 2.45) is 0 Å². The maximum atomic E-state index is 9.36. The van der Waals surface area contributed by atoms with Crippen LogP contribution in [0.3, 0.4) is 0 Å². The van der Waals surface area contributed by atoms with Crippen molar-refractivity contribution in [3.05, 3.63) is 0 Å². The molecule has 0 aromatic carbocycles. The van der Waals surface area contributed by atoms with Gasteiger partial charge in [0.15, 0.2) is 0 Å². The predicted octanol–water partition coefficient (Wildman–Crippen LogP) is -0.263. The molecule has 0 heterocycles. The molecule has 3 unspecified atom stereocenters. The van der Waals surface area contributed by atoms with Gasteiger partial charge in [0, 0.05) is 7.11 Å². The van der Waals surface area contributed by atoms with Crippen LogP contribution in [0.2, 0.25) is 0 Å². The van der Waals surface area contributed by atoms with E-state index in [1.54, 1.807) is 13.8 Å². The second-order valence-corrected chi connectivity index (χ2v) is 2.43. The molecule has 0 aliphatic rings. The summed E-state index contributed by atoms with van der Waals surface area (Å²) in [6.07, 6.45) is -1.39. The van der Waals surface area contributed by atoms with Gasteiger partial charge in [-0.2, -0.15) is 0 Å². The van der Waals surface area contributed by atoms with Gasteiger partial charge in [-0.05, 0) is 13.8 Å². The lowest BCUT2D eigenvalue weighted by Gasteiger charge is -2.22. The molecular formula is C7H16O4. The molecule has 3 atom stereocenters. The molecule has 2 N–H and O–H groups in total. The molecule has 0 aromatic rings. The highest BCUT2D eigenvalue weighted by molar-refractivity contribution is 4.70. The second-order valence-electron chi connectivity index (χ2n) is 2.43. The largest absolute Gasteiger partial charge is 0.388 e. The van der Waals surface area contributed by atoms with Gasteiger partial charge in [0.25, 0.3) is 0 Å². The van der Waals surface area contributed by atoms with Gasteiger partial charge in [0.05, 0.1) is 12.2 Å². The minimum Gasteiger partial charge on any atom is -0.388 e. The number of aliphatic hydroxyl groups is 2. The standard InChI is InChI=1S/C7H16O4/c1-5(10-3)7(9)6(2)11-4-8/h5-9H,4H2,1-3H3. The molecule has 4 nitrogen and oxygen atoms in total. The Kier molecular flexibility index (Phi) is 5.41. The van der Waals surface area contributed by atoms with E-state index in [2.05, 4.69) is 0 Å². The van der Waals surface area contributed by atoms with Gasteiger partial charge in [-0.1, -0.05) is 0 Å². The summed E-state index contributed by atoms with van der Waals surface area (Å²) in [4.78, 5) is 0. The lowest BCUT2D eigenvalue weighted by molar-refractivity contribution is -0.123. The van der Waals surface area contributed by atoms with Gasteiger partial charge in [-0.25, -0.2) is 0 Å². The van der Waals surface area contributed by atoms with E-state index < -0.39 is 12.2 Å². The summed E-state index contributed by atoms with van der Waals surface area (Å²) in [5.41, 5.74) is 0. The van der Waals surface area contributed by atoms with Crippen molar-refractivity contribution in [3.63, 3.8) is 0 Å². The normalized spacial score (nSPS) is 19.4. The molecule has 0 rings (SSSR count). The van der Waals surface area contributed by atoms with E-state index in [1.165, 1.54) is 7.11 Å². The summed E-state index contributed by atoms with van der Waals surface area (Å²) in [5.74, 6) is 0. The van der Waals surface area contributed by atoms with Crippen LogP contribution in [0.1, 0.15) is 13.8 Å². The van der Waals surface area contributed by atoms with Crippen LogP contribution in [0.25, 0.3) is 0 Å². The maximum Gasteiger partial charge on any atom is 0.144 e. The predicted molar refractivity (Wildman–Crippen MR) is 40.1 cm³/mol. The van der Waals surface area contributed by atoms with E-state index in [0.29, 0.717) is 0 Å². The zero-order chi connectivity index (χ0) is 8.85. The molecule has 0 aliphatic carbocycles. The van der Waals surface area contributed by atoms with Crippen LogP contribution in [-0.2, 0) is 9.47 Å². The third-order valence-corrected chi connectivity index (χ3v) is 1.67. The van der Waals surface area contributed by atoms with E-state index in [9.17, 15) is 5.11 Å². The minimum atomic E-state index is -0.702. The fourth-order valence-corrected chi connectivity index (χ4v) is 0.737. The topological polar surface area (TPSA) is 58.9 Å². The maximum absolute atomic E-state index is 9.36. The molecule has 0 bridgehead atoms. The van der Waals surface area contributed by atoms with Crippen LogP contribution in [0.5, 0.6) is 0 Å².